The smallest absolute Gasteiger partial charge is 0.323 e. The second-order valence-electron chi connectivity index (χ2n) is 3.66. The Balaban J connectivity index is 2.40. The summed E-state index contributed by atoms with van der Waals surface area (Å²) >= 11 is 2.15. The molecule has 0 aliphatic rings. The lowest BCUT2D eigenvalue weighted by atomic mass is 10.5. The van der Waals surface area contributed by atoms with Gasteiger partial charge in [0.15, 0.2) is 0 Å². The third kappa shape index (κ3) is 3.04. The Hall–Kier alpha value is -1.49. The molecule has 18 heavy (non-hydrogen) atoms. The van der Waals surface area contributed by atoms with Crippen molar-refractivity contribution >= 4 is 28.5 Å². The molecular formula is C9H12IN7O. The highest BCUT2D eigenvalue weighted by atomic mass is 127. The summed E-state index contributed by atoms with van der Waals surface area (Å²) in [6.45, 7) is 3.77. The molecule has 2 aromatic heterocycles. The number of halogens is 1. The SMILES string of the molecule is CC(C)Oc1nc(NN)nc(-n2cc(I)cn2)n1. The van der Waals surface area contributed by atoms with Gasteiger partial charge in [-0.05, 0) is 36.4 Å². The van der Waals surface area contributed by atoms with Gasteiger partial charge in [0.2, 0.25) is 5.95 Å². The zero-order valence-corrected chi connectivity index (χ0v) is 12.0. The number of anilines is 1. The van der Waals surface area contributed by atoms with E-state index in [0.29, 0.717) is 5.95 Å². The first-order chi connectivity index (χ1) is 8.58. The van der Waals surface area contributed by atoms with E-state index in [4.69, 9.17) is 10.6 Å². The summed E-state index contributed by atoms with van der Waals surface area (Å²) in [5.41, 5.74) is 2.37. The number of nitrogens with one attached hydrogen (secondary N) is 1. The molecule has 2 heterocycles. The molecule has 0 aliphatic carbocycles. The number of hydrogen-bond donors (Lipinski definition) is 2. The molecule has 0 saturated carbocycles. The van der Waals surface area contributed by atoms with Crippen molar-refractivity contribution in [3.8, 4) is 12.0 Å². The maximum atomic E-state index is 5.42. The molecule has 0 amide bonds. The lowest BCUT2D eigenvalue weighted by Gasteiger charge is -2.09. The van der Waals surface area contributed by atoms with E-state index in [9.17, 15) is 0 Å². The summed E-state index contributed by atoms with van der Waals surface area (Å²) < 4.78 is 7.92. The third-order valence-electron chi connectivity index (χ3n) is 1.83. The van der Waals surface area contributed by atoms with Gasteiger partial charge in [-0.2, -0.15) is 20.1 Å². The maximum Gasteiger partial charge on any atom is 0.323 e. The molecule has 0 unspecified atom stereocenters. The van der Waals surface area contributed by atoms with Gasteiger partial charge in [0.05, 0.1) is 15.9 Å². The molecule has 0 saturated heterocycles. The Kier molecular flexibility index (Phi) is 3.91. The number of hydrazine groups is 1. The van der Waals surface area contributed by atoms with Crippen LogP contribution in [0.25, 0.3) is 5.95 Å². The number of nitrogen functional groups attached to an aromatic ring is 1. The van der Waals surface area contributed by atoms with Gasteiger partial charge in [-0.3, -0.25) is 5.43 Å². The summed E-state index contributed by atoms with van der Waals surface area (Å²) in [5.74, 6) is 5.88. The quantitative estimate of drug-likeness (QED) is 0.470. The van der Waals surface area contributed by atoms with Crippen molar-refractivity contribution in [2.75, 3.05) is 5.43 Å². The van der Waals surface area contributed by atoms with E-state index in [1.165, 1.54) is 4.68 Å². The van der Waals surface area contributed by atoms with E-state index < -0.39 is 0 Å². The molecular weight excluding hydrogens is 349 g/mol. The molecule has 0 radical (unpaired) electrons. The largest absolute Gasteiger partial charge is 0.461 e. The average molecular weight is 361 g/mol. The Morgan fingerprint density at radius 2 is 2.17 bits per heavy atom. The Labute approximate surface area is 117 Å². The lowest BCUT2D eigenvalue weighted by molar-refractivity contribution is 0.221. The van der Waals surface area contributed by atoms with E-state index in [1.807, 2.05) is 13.8 Å². The molecule has 3 N–H and O–H groups in total. The number of aromatic nitrogens is 5. The van der Waals surface area contributed by atoms with Crippen molar-refractivity contribution < 1.29 is 4.74 Å². The van der Waals surface area contributed by atoms with Gasteiger partial charge < -0.3 is 4.74 Å². The van der Waals surface area contributed by atoms with Crippen molar-refractivity contribution in [3.63, 3.8) is 0 Å². The second-order valence-corrected chi connectivity index (χ2v) is 4.90. The maximum absolute atomic E-state index is 5.42. The van der Waals surface area contributed by atoms with Crippen LogP contribution < -0.4 is 16.0 Å². The average Bonchev–Trinajstić information content (AvgIpc) is 2.74. The highest BCUT2D eigenvalue weighted by Gasteiger charge is 2.10. The minimum atomic E-state index is -0.0383. The third-order valence-corrected chi connectivity index (χ3v) is 2.39. The summed E-state index contributed by atoms with van der Waals surface area (Å²) in [6, 6.07) is 0.202. The number of nitrogens with two attached hydrogens (primary N) is 1. The minimum Gasteiger partial charge on any atom is -0.461 e. The van der Waals surface area contributed by atoms with Crippen molar-refractivity contribution in [2.24, 2.45) is 5.84 Å². The zero-order chi connectivity index (χ0) is 13.1. The first-order valence-corrected chi connectivity index (χ1v) is 6.26. The van der Waals surface area contributed by atoms with Crippen LogP contribution in [0.5, 0.6) is 6.01 Å². The fourth-order valence-corrected chi connectivity index (χ4v) is 1.58. The first kappa shape index (κ1) is 13.0. The van der Waals surface area contributed by atoms with Crippen LogP contribution in [0.1, 0.15) is 13.8 Å². The summed E-state index contributed by atoms with van der Waals surface area (Å²) in [6.07, 6.45) is 3.45. The number of ether oxygens (including phenoxy) is 1. The Morgan fingerprint density at radius 3 is 2.72 bits per heavy atom. The molecule has 2 rings (SSSR count). The van der Waals surface area contributed by atoms with Gasteiger partial charge in [0.25, 0.3) is 5.95 Å². The molecule has 96 valence electrons. The molecule has 0 aromatic carbocycles. The number of nitrogens with zero attached hydrogens (tertiary/aromatic N) is 5. The van der Waals surface area contributed by atoms with Gasteiger partial charge in [0.1, 0.15) is 0 Å². The predicted molar refractivity (Wildman–Crippen MR) is 73.2 cm³/mol. The van der Waals surface area contributed by atoms with Crippen LogP contribution in [0.4, 0.5) is 5.95 Å². The predicted octanol–water partition coefficient (Wildman–Crippen LogP) is 0.735. The standard InChI is InChI=1S/C9H12IN7O/c1-5(2)18-9-14-7(16-11)13-8(15-9)17-4-6(10)3-12-17/h3-5H,11H2,1-2H3,(H,13,14,15,16). The minimum absolute atomic E-state index is 0.0383. The van der Waals surface area contributed by atoms with Gasteiger partial charge in [-0.25, -0.2) is 10.5 Å². The van der Waals surface area contributed by atoms with Crippen LogP contribution in [0.2, 0.25) is 0 Å². The molecule has 0 spiro atoms. The normalized spacial score (nSPS) is 10.7. The highest BCUT2D eigenvalue weighted by molar-refractivity contribution is 14.1. The molecule has 8 nitrogen and oxygen atoms in total. The topological polar surface area (TPSA) is 104 Å². The summed E-state index contributed by atoms with van der Waals surface area (Å²) in [5, 5.41) is 4.11. The number of rotatable bonds is 4. The first-order valence-electron chi connectivity index (χ1n) is 5.18. The molecule has 0 bridgehead atoms. The van der Waals surface area contributed by atoms with Gasteiger partial charge >= 0.3 is 6.01 Å². The van der Waals surface area contributed by atoms with Crippen molar-refractivity contribution in [1.82, 2.24) is 24.7 Å². The lowest BCUT2D eigenvalue weighted by Crippen LogP contribution is -2.16. The summed E-state index contributed by atoms with van der Waals surface area (Å²) in [7, 11) is 0. The van der Waals surface area contributed by atoms with Crippen LogP contribution in [-0.4, -0.2) is 30.8 Å². The Bertz CT molecular complexity index is 541. The zero-order valence-electron chi connectivity index (χ0n) is 9.83. The molecule has 2 aromatic rings. The van der Waals surface area contributed by atoms with E-state index in [0.717, 1.165) is 3.57 Å². The van der Waals surface area contributed by atoms with E-state index >= 15 is 0 Å². The van der Waals surface area contributed by atoms with E-state index in [2.05, 4.69) is 48.1 Å². The van der Waals surface area contributed by atoms with Crippen molar-refractivity contribution in [1.29, 1.82) is 0 Å². The molecule has 9 heteroatoms. The van der Waals surface area contributed by atoms with Crippen LogP contribution in [-0.2, 0) is 0 Å². The highest BCUT2D eigenvalue weighted by Crippen LogP contribution is 2.12. The summed E-state index contributed by atoms with van der Waals surface area (Å²) in [4.78, 5) is 12.3. The van der Waals surface area contributed by atoms with Crippen LogP contribution in [0.15, 0.2) is 12.4 Å². The van der Waals surface area contributed by atoms with Crippen LogP contribution in [0.3, 0.4) is 0 Å². The van der Waals surface area contributed by atoms with Crippen LogP contribution in [0, 0.1) is 3.57 Å². The fourth-order valence-electron chi connectivity index (χ4n) is 1.19. The van der Waals surface area contributed by atoms with Gasteiger partial charge in [-0.1, -0.05) is 0 Å². The van der Waals surface area contributed by atoms with Gasteiger partial charge in [0, 0.05) is 6.20 Å². The monoisotopic (exact) mass is 361 g/mol. The Morgan fingerprint density at radius 1 is 1.39 bits per heavy atom. The van der Waals surface area contributed by atoms with E-state index in [1.54, 1.807) is 12.4 Å². The van der Waals surface area contributed by atoms with Crippen LogP contribution >= 0.6 is 22.6 Å². The molecule has 0 atom stereocenters. The molecule has 0 aliphatic heterocycles. The second kappa shape index (κ2) is 5.44. The molecule has 0 fully saturated rings. The van der Waals surface area contributed by atoms with Crippen molar-refractivity contribution in [3.05, 3.63) is 16.0 Å². The van der Waals surface area contributed by atoms with E-state index in [-0.39, 0.29) is 18.1 Å². The fraction of sp³-hybridized carbons (Fsp3) is 0.333. The van der Waals surface area contributed by atoms with Crippen molar-refractivity contribution in [2.45, 2.75) is 20.0 Å². The van der Waals surface area contributed by atoms with Gasteiger partial charge in [-0.15, -0.1) is 0 Å². The number of hydrogen-bond acceptors (Lipinski definition) is 7.